The summed E-state index contributed by atoms with van der Waals surface area (Å²) in [6.45, 7) is 1.83. The first kappa shape index (κ1) is 9.36. The summed E-state index contributed by atoms with van der Waals surface area (Å²) in [7, 11) is 0. The molecule has 1 N–H and O–H groups in total. The van der Waals surface area contributed by atoms with Gasteiger partial charge in [-0.25, -0.2) is 0 Å². The molecule has 4 nitrogen and oxygen atoms in total. The third-order valence-electron chi connectivity index (χ3n) is 1.46. The van der Waals surface area contributed by atoms with Crippen molar-refractivity contribution in [1.29, 1.82) is 0 Å². The van der Waals surface area contributed by atoms with Gasteiger partial charge >= 0.3 is 0 Å². The van der Waals surface area contributed by atoms with Gasteiger partial charge in [-0.15, -0.1) is 0 Å². The topological polar surface area (TPSA) is 63.4 Å². The molecule has 0 amide bonds. The van der Waals surface area contributed by atoms with E-state index in [9.17, 15) is 10.1 Å². The minimum Gasteiger partial charge on any atom is -0.396 e. The summed E-state index contributed by atoms with van der Waals surface area (Å²) in [5, 5.41) is 18.5. The number of rotatable bonds is 5. The van der Waals surface area contributed by atoms with Crippen LogP contribution in [-0.4, -0.2) is 22.7 Å². The monoisotopic (exact) mass is 147 g/mol. The van der Waals surface area contributed by atoms with Crippen molar-refractivity contribution >= 4 is 0 Å². The van der Waals surface area contributed by atoms with E-state index >= 15 is 0 Å². The van der Waals surface area contributed by atoms with E-state index in [1.54, 1.807) is 6.92 Å². The molecule has 0 aliphatic carbocycles. The molecule has 60 valence electrons. The fourth-order valence-corrected chi connectivity index (χ4v) is 0.786. The van der Waals surface area contributed by atoms with Crippen LogP contribution in [0.5, 0.6) is 0 Å². The summed E-state index contributed by atoms with van der Waals surface area (Å²) in [6.07, 6.45) is 1.56. The summed E-state index contributed by atoms with van der Waals surface area (Å²) in [5.41, 5.74) is 0. The van der Waals surface area contributed by atoms with Crippen molar-refractivity contribution in [2.24, 2.45) is 0 Å². The molecule has 0 fully saturated rings. The van der Waals surface area contributed by atoms with Crippen LogP contribution in [0, 0.1) is 10.1 Å². The van der Waals surface area contributed by atoms with Gasteiger partial charge in [0.1, 0.15) is 0 Å². The average Bonchev–Trinajstić information content (AvgIpc) is 1.89. The van der Waals surface area contributed by atoms with E-state index in [4.69, 9.17) is 5.11 Å². The first-order valence-corrected chi connectivity index (χ1v) is 3.46. The predicted molar refractivity (Wildman–Crippen MR) is 37.4 cm³/mol. The highest BCUT2D eigenvalue weighted by molar-refractivity contribution is 4.52. The molecular formula is C6H13NO3. The zero-order valence-corrected chi connectivity index (χ0v) is 6.12. The van der Waals surface area contributed by atoms with E-state index < -0.39 is 6.04 Å². The van der Waals surface area contributed by atoms with Gasteiger partial charge in [0.25, 0.3) is 0 Å². The van der Waals surface area contributed by atoms with Crippen LogP contribution in [-0.2, 0) is 0 Å². The highest BCUT2D eigenvalue weighted by Crippen LogP contribution is 2.04. The van der Waals surface area contributed by atoms with Crippen molar-refractivity contribution < 1.29 is 10.0 Å². The molecule has 1 unspecified atom stereocenters. The lowest BCUT2D eigenvalue weighted by atomic mass is 10.1. The maximum atomic E-state index is 10.2. The molecule has 0 heterocycles. The average molecular weight is 147 g/mol. The van der Waals surface area contributed by atoms with Gasteiger partial charge in [0.2, 0.25) is 6.04 Å². The van der Waals surface area contributed by atoms with E-state index in [0.717, 1.165) is 0 Å². The molecule has 0 aromatic carbocycles. The third kappa shape index (κ3) is 3.40. The van der Waals surface area contributed by atoms with Crippen molar-refractivity contribution in [3.63, 3.8) is 0 Å². The van der Waals surface area contributed by atoms with Gasteiger partial charge in [0, 0.05) is 24.4 Å². The maximum absolute atomic E-state index is 10.2. The Kier molecular flexibility index (Phi) is 4.84. The lowest BCUT2D eigenvalue weighted by Crippen LogP contribution is -2.18. The first-order chi connectivity index (χ1) is 4.72. The van der Waals surface area contributed by atoms with Crippen LogP contribution >= 0.6 is 0 Å². The summed E-state index contributed by atoms with van der Waals surface area (Å²) < 4.78 is 0. The predicted octanol–water partition coefficient (Wildman–Crippen LogP) is 0.814. The highest BCUT2D eigenvalue weighted by atomic mass is 16.6. The Labute approximate surface area is 60.0 Å². The Morgan fingerprint density at radius 2 is 2.30 bits per heavy atom. The molecule has 0 aromatic heterocycles. The summed E-state index contributed by atoms with van der Waals surface area (Å²) >= 11 is 0. The van der Waals surface area contributed by atoms with Crippen molar-refractivity contribution in [3.05, 3.63) is 10.1 Å². The van der Waals surface area contributed by atoms with Gasteiger partial charge in [-0.2, -0.15) is 0 Å². The van der Waals surface area contributed by atoms with Gasteiger partial charge in [0.15, 0.2) is 0 Å². The second kappa shape index (κ2) is 5.17. The number of nitro groups is 1. The van der Waals surface area contributed by atoms with Gasteiger partial charge in [-0.1, -0.05) is 6.92 Å². The minimum absolute atomic E-state index is 0.0460. The highest BCUT2D eigenvalue weighted by Gasteiger charge is 2.15. The molecule has 0 bridgehead atoms. The Morgan fingerprint density at radius 1 is 1.70 bits per heavy atom. The number of hydrogen-bond donors (Lipinski definition) is 1. The molecule has 0 rings (SSSR count). The first-order valence-electron chi connectivity index (χ1n) is 3.46. The van der Waals surface area contributed by atoms with Crippen LogP contribution in [0.15, 0.2) is 0 Å². The van der Waals surface area contributed by atoms with Crippen molar-refractivity contribution in [2.75, 3.05) is 6.61 Å². The fourth-order valence-electron chi connectivity index (χ4n) is 0.786. The Bertz CT molecular complexity index is 105. The molecule has 0 saturated heterocycles. The summed E-state index contributed by atoms with van der Waals surface area (Å²) in [6, 6.07) is -0.466. The standard InChI is InChI=1S/C6H13NO3/c1-2-6(7(9)10)4-3-5-8/h6,8H,2-5H2,1H3. The second-order valence-electron chi connectivity index (χ2n) is 2.21. The van der Waals surface area contributed by atoms with E-state index in [-0.39, 0.29) is 11.5 Å². The van der Waals surface area contributed by atoms with Crippen LogP contribution in [0.3, 0.4) is 0 Å². The third-order valence-corrected chi connectivity index (χ3v) is 1.46. The zero-order valence-electron chi connectivity index (χ0n) is 6.12. The SMILES string of the molecule is CCC(CCCO)[N+](=O)[O-]. The van der Waals surface area contributed by atoms with E-state index in [1.165, 1.54) is 0 Å². The molecule has 0 aliphatic heterocycles. The molecular weight excluding hydrogens is 134 g/mol. The molecule has 0 radical (unpaired) electrons. The molecule has 1 atom stereocenters. The molecule has 0 aromatic rings. The maximum Gasteiger partial charge on any atom is 0.213 e. The lowest BCUT2D eigenvalue weighted by Gasteiger charge is -2.03. The van der Waals surface area contributed by atoms with E-state index in [0.29, 0.717) is 19.3 Å². The number of aliphatic hydroxyl groups excluding tert-OH is 1. The molecule has 0 spiro atoms. The van der Waals surface area contributed by atoms with Crippen molar-refractivity contribution in [1.82, 2.24) is 0 Å². The van der Waals surface area contributed by atoms with E-state index in [2.05, 4.69) is 0 Å². The van der Waals surface area contributed by atoms with Crippen LogP contribution in [0.1, 0.15) is 26.2 Å². The largest absolute Gasteiger partial charge is 0.396 e. The fraction of sp³-hybridized carbons (Fsp3) is 1.00. The minimum atomic E-state index is -0.466. The number of hydrogen-bond acceptors (Lipinski definition) is 3. The molecule has 4 heteroatoms. The zero-order chi connectivity index (χ0) is 7.98. The van der Waals surface area contributed by atoms with Crippen LogP contribution in [0.2, 0.25) is 0 Å². The van der Waals surface area contributed by atoms with Crippen LogP contribution in [0.25, 0.3) is 0 Å². The molecule has 10 heavy (non-hydrogen) atoms. The van der Waals surface area contributed by atoms with Crippen LogP contribution in [0.4, 0.5) is 0 Å². The van der Waals surface area contributed by atoms with Crippen molar-refractivity contribution in [3.8, 4) is 0 Å². The van der Waals surface area contributed by atoms with Crippen LogP contribution < -0.4 is 0 Å². The Morgan fingerprint density at radius 3 is 2.60 bits per heavy atom. The number of aliphatic hydroxyl groups is 1. The number of nitrogens with zero attached hydrogens (tertiary/aromatic N) is 1. The van der Waals surface area contributed by atoms with Gasteiger partial charge in [-0.05, 0) is 6.42 Å². The smallest absolute Gasteiger partial charge is 0.213 e. The Hall–Kier alpha value is -0.640. The quantitative estimate of drug-likeness (QED) is 0.462. The second-order valence-corrected chi connectivity index (χ2v) is 2.21. The van der Waals surface area contributed by atoms with Gasteiger partial charge in [-0.3, -0.25) is 10.1 Å². The molecule has 0 aliphatic rings. The van der Waals surface area contributed by atoms with Crippen molar-refractivity contribution in [2.45, 2.75) is 32.2 Å². The Balaban J connectivity index is 3.50. The van der Waals surface area contributed by atoms with Gasteiger partial charge in [0.05, 0.1) is 0 Å². The summed E-state index contributed by atoms with van der Waals surface area (Å²) in [4.78, 5) is 9.88. The molecule has 0 saturated carbocycles. The normalized spacial score (nSPS) is 13.0. The lowest BCUT2D eigenvalue weighted by molar-refractivity contribution is -0.523. The summed E-state index contributed by atoms with van der Waals surface area (Å²) in [5.74, 6) is 0. The van der Waals surface area contributed by atoms with Gasteiger partial charge < -0.3 is 5.11 Å². The van der Waals surface area contributed by atoms with E-state index in [1.807, 2.05) is 0 Å².